The molecule has 6 heteroatoms. The van der Waals surface area contributed by atoms with Gasteiger partial charge in [-0.2, -0.15) is 8.78 Å². The summed E-state index contributed by atoms with van der Waals surface area (Å²) in [5.41, 5.74) is 1.20. The summed E-state index contributed by atoms with van der Waals surface area (Å²) in [6, 6.07) is 10.9. The van der Waals surface area contributed by atoms with Gasteiger partial charge in [0.1, 0.15) is 5.75 Å². The average molecular weight is 333 g/mol. The van der Waals surface area contributed by atoms with Crippen molar-refractivity contribution in [3.05, 3.63) is 63.6 Å². The lowest BCUT2D eigenvalue weighted by Gasteiger charge is -2.14. The van der Waals surface area contributed by atoms with Crippen LogP contribution in [0.5, 0.6) is 5.75 Å². The summed E-state index contributed by atoms with van der Waals surface area (Å²) >= 11 is 12.1. The van der Waals surface area contributed by atoms with E-state index < -0.39 is 12.7 Å². The highest BCUT2D eigenvalue weighted by molar-refractivity contribution is 6.36. The average Bonchev–Trinajstić information content (AvgIpc) is 2.43. The van der Waals surface area contributed by atoms with E-state index >= 15 is 0 Å². The maximum atomic E-state index is 12.1. The lowest BCUT2D eigenvalue weighted by atomic mass is 10.0. The largest absolute Gasteiger partial charge is 0.435 e. The molecule has 1 unspecified atom stereocenters. The summed E-state index contributed by atoms with van der Waals surface area (Å²) in [6.07, 6.45) is -0.615. The number of ether oxygens (including phenoxy) is 1. The second-order valence-electron chi connectivity index (χ2n) is 4.37. The molecule has 0 aliphatic heterocycles. The molecule has 0 aliphatic carbocycles. The molecule has 112 valence electrons. The first-order valence-electron chi connectivity index (χ1n) is 6.13. The van der Waals surface area contributed by atoms with Crippen LogP contribution in [-0.4, -0.2) is 11.7 Å². The molecule has 0 bridgehead atoms. The Morgan fingerprint density at radius 3 is 2.10 bits per heavy atom. The molecule has 0 saturated heterocycles. The van der Waals surface area contributed by atoms with E-state index in [4.69, 9.17) is 23.2 Å². The monoisotopic (exact) mass is 332 g/mol. The van der Waals surface area contributed by atoms with E-state index in [1.807, 2.05) is 0 Å². The van der Waals surface area contributed by atoms with Crippen LogP contribution in [-0.2, 0) is 6.42 Å². The first kappa shape index (κ1) is 16.0. The summed E-state index contributed by atoms with van der Waals surface area (Å²) in [5.74, 6) is 0.0386. The highest BCUT2D eigenvalue weighted by Crippen LogP contribution is 2.30. The highest BCUT2D eigenvalue weighted by Gasteiger charge is 2.14. The fourth-order valence-electron chi connectivity index (χ4n) is 1.91. The fraction of sp³-hybridized carbons (Fsp3) is 0.200. The van der Waals surface area contributed by atoms with Crippen LogP contribution in [0, 0.1) is 0 Å². The first-order valence-corrected chi connectivity index (χ1v) is 6.88. The number of halogens is 4. The van der Waals surface area contributed by atoms with E-state index in [-0.39, 0.29) is 12.2 Å². The third kappa shape index (κ3) is 4.30. The van der Waals surface area contributed by atoms with Crippen molar-refractivity contribution >= 4 is 23.2 Å². The van der Waals surface area contributed by atoms with Crippen LogP contribution in [0.25, 0.3) is 0 Å². The number of benzene rings is 2. The van der Waals surface area contributed by atoms with Crippen LogP contribution in [0.4, 0.5) is 8.78 Å². The topological polar surface area (TPSA) is 29.5 Å². The molecule has 0 radical (unpaired) electrons. The Morgan fingerprint density at radius 1 is 1.00 bits per heavy atom. The maximum Gasteiger partial charge on any atom is 0.387 e. The van der Waals surface area contributed by atoms with Gasteiger partial charge in [-0.1, -0.05) is 41.4 Å². The van der Waals surface area contributed by atoms with Gasteiger partial charge in [0.25, 0.3) is 0 Å². The van der Waals surface area contributed by atoms with Crippen LogP contribution in [0.2, 0.25) is 10.0 Å². The minimum atomic E-state index is -2.87. The summed E-state index contributed by atoms with van der Waals surface area (Å²) in [7, 11) is 0. The van der Waals surface area contributed by atoms with Gasteiger partial charge in [-0.25, -0.2) is 0 Å². The second-order valence-corrected chi connectivity index (χ2v) is 5.18. The van der Waals surface area contributed by atoms with Crippen molar-refractivity contribution in [3.63, 3.8) is 0 Å². The second kappa shape index (κ2) is 7.07. The van der Waals surface area contributed by atoms with Crippen LogP contribution < -0.4 is 4.74 Å². The summed E-state index contributed by atoms with van der Waals surface area (Å²) in [6.45, 7) is -2.87. The molecule has 2 aromatic rings. The first-order chi connectivity index (χ1) is 9.97. The third-order valence-corrected chi connectivity index (χ3v) is 3.66. The molecule has 2 rings (SSSR count). The van der Waals surface area contributed by atoms with E-state index in [9.17, 15) is 13.9 Å². The number of hydrogen-bond acceptors (Lipinski definition) is 2. The van der Waals surface area contributed by atoms with Gasteiger partial charge in [-0.15, -0.1) is 0 Å². The normalized spacial score (nSPS) is 12.5. The van der Waals surface area contributed by atoms with E-state index in [2.05, 4.69) is 4.74 Å². The van der Waals surface area contributed by atoms with Crippen LogP contribution in [0.3, 0.4) is 0 Å². The zero-order chi connectivity index (χ0) is 15.4. The fourth-order valence-corrected chi connectivity index (χ4v) is 2.46. The number of rotatable bonds is 5. The van der Waals surface area contributed by atoms with Crippen molar-refractivity contribution in [3.8, 4) is 5.75 Å². The maximum absolute atomic E-state index is 12.1. The molecule has 0 aliphatic rings. The number of aliphatic hydroxyl groups excluding tert-OH is 1. The van der Waals surface area contributed by atoms with E-state index in [1.165, 1.54) is 24.3 Å². The van der Waals surface area contributed by atoms with Gasteiger partial charge >= 0.3 is 6.61 Å². The molecule has 21 heavy (non-hydrogen) atoms. The molecule has 0 saturated carbocycles. The van der Waals surface area contributed by atoms with Gasteiger partial charge in [0.15, 0.2) is 0 Å². The van der Waals surface area contributed by atoms with Crippen molar-refractivity contribution in [2.75, 3.05) is 0 Å². The minimum Gasteiger partial charge on any atom is -0.435 e. The Morgan fingerprint density at radius 2 is 1.57 bits per heavy atom. The quantitative estimate of drug-likeness (QED) is 0.846. The van der Waals surface area contributed by atoms with Gasteiger partial charge in [-0.3, -0.25) is 0 Å². The molecule has 0 amide bonds. The van der Waals surface area contributed by atoms with Crippen LogP contribution >= 0.6 is 23.2 Å². The Labute approximate surface area is 130 Å². The number of hydrogen-bond donors (Lipinski definition) is 1. The molecule has 0 aromatic heterocycles. The van der Waals surface area contributed by atoms with Crippen LogP contribution in [0.1, 0.15) is 17.2 Å². The molecular weight excluding hydrogens is 321 g/mol. The Kier molecular flexibility index (Phi) is 5.39. The molecule has 1 N–H and O–H groups in total. The number of alkyl halides is 2. The summed E-state index contributed by atoms with van der Waals surface area (Å²) in [4.78, 5) is 0. The molecule has 2 aromatic carbocycles. The smallest absolute Gasteiger partial charge is 0.387 e. The molecule has 0 spiro atoms. The molecule has 0 fully saturated rings. The summed E-state index contributed by atoms with van der Waals surface area (Å²) < 4.78 is 28.4. The van der Waals surface area contributed by atoms with Gasteiger partial charge in [0, 0.05) is 16.5 Å². The molecular formula is C15H12Cl2F2O2. The van der Waals surface area contributed by atoms with E-state index in [0.29, 0.717) is 21.2 Å². The van der Waals surface area contributed by atoms with Crippen molar-refractivity contribution in [1.29, 1.82) is 0 Å². The zero-order valence-corrected chi connectivity index (χ0v) is 12.3. The molecule has 2 nitrogen and oxygen atoms in total. The Balaban J connectivity index is 2.11. The van der Waals surface area contributed by atoms with Crippen molar-refractivity contribution in [2.24, 2.45) is 0 Å². The highest BCUT2D eigenvalue weighted by atomic mass is 35.5. The van der Waals surface area contributed by atoms with E-state index in [1.54, 1.807) is 18.2 Å². The van der Waals surface area contributed by atoms with Gasteiger partial charge in [0.05, 0.1) is 6.10 Å². The lowest BCUT2D eigenvalue weighted by molar-refractivity contribution is -0.0498. The SMILES string of the molecule is OC(Cc1c(Cl)cccc1Cl)c1ccc(OC(F)F)cc1. The standard InChI is InChI=1S/C15H12Cl2F2O2/c16-12-2-1-3-13(17)11(12)8-14(20)9-4-6-10(7-5-9)21-15(18)19/h1-7,14-15,20H,8H2. The third-order valence-electron chi connectivity index (χ3n) is 2.95. The predicted octanol–water partition coefficient (Wildman–Crippen LogP) is 4.87. The van der Waals surface area contributed by atoms with Crippen molar-refractivity contribution < 1.29 is 18.6 Å². The molecule has 0 heterocycles. The van der Waals surface area contributed by atoms with Gasteiger partial charge in [0.2, 0.25) is 0 Å². The van der Waals surface area contributed by atoms with Crippen molar-refractivity contribution in [2.45, 2.75) is 19.1 Å². The minimum absolute atomic E-state index is 0.0386. The number of aliphatic hydroxyl groups is 1. The molecule has 1 atom stereocenters. The zero-order valence-electron chi connectivity index (χ0n) is 10.8. The van der Waals surface area contributed by atoms with Gasteiger partial charge in [-0.05, 0) is 35.4 Å². The van der Waals surface area contributed by atoms with Crippen LogP contribution in [0.15, 0.2) is 42.5 Å². The summed E-state index contributed by atoms with van der Waals surface area (Å²) in [5, 5.41) is 11.1. The van der Waals surface area contributed by atoms with Gasteiger partial charge < -0.3 is 9.84 Å². The lowest BCUT2D eigenvalue weighted by Crippen LogP contribution is -2.04. The van der Waals surface area contributed by atoms with E-state index in [0.717, 1.165) is 0 Å². The Bertz CT molecular complexity index is 583. The Hall–Kier alpha value is -1.36. The van der Waals surface area contributed by atoms with Crippen molar-refractivity contribution in [1.82, 2.24) is 0 Å². The predicted molar refractivity (Wildman–Crippen MR) is 78.2 cm³/mol.